The molecule has 2 aliphatic heterocycles. The minimum absolute atomic E-state index is 0.0684. The minimum Gasteiger partial charge on any atom is -0.311 e. The molecule has 9 aromatic rings. The average molecular weight is 621 g/mol. The topological polar surface area (TPSA) is 6.48 Å². The fourth-order valence-corrected chi connectivity index (χ4v) is 8.49. The van der Waals surface area contributed by atoms with Crippen molar-refractivity contribution in [3.05, 3.63) is 176 Å². The van der Waals surface area contributed by atoms with Gasteiger partial charge in [-0.05, 0) is 108 Å². The maximum Gasteiger partial charge on any atom is 0.252 e. The smallest absolute Gasteiger partial charge is 0.252 e. The van der Waals surface area contributed by atoms with E-state index in [-0.39, 0.29) is 6.71 Å². The van der Waals surface area contributed by atoms with Crippen LogP contribution in [0.5, 0.6) is 0 Å². The highest BCUT2D eigenvalue weighted by Gasteiger charge is 2.43. The molecule has 0 aromatic heterocycles. The van der Waals surface area contributed by atoms with Gasteiger partial charge in [-0.1, -0.05) is 127 Å². The van der Waals surface area contributed by atoms with Crippen molar-refractivity contribution in [1.82, 2.24) is 0 Å². The number of rotatable bonds is 2. The fraction of sp³-hybridized carbons (Fsp3) is 0. The van der Waals surface area contributed by atoms with E-state index in [0.717, 1.165) is 0 Å². The Balaban J connectivity index is 1.26. The van der Waals surface area contributed by atoms with Crippen LogP contribution in [0.3, 0.4) is 0 Å². The van der Waals surface area contributed by atoms with Gasteiger partial charge in [0, 0.05) is 34.1 Å². The summed E-state index contributed by atoms with van der Waals surface area (Å²) in [6.45, 7) is 0.0684. The molecule has 0 N–H and O–H groups in total. The highest BCUT2D eigenvalue weighted by atomic mass is 15.2. The van der Waals surface area contributed by atoms with Gasteiger partial charge in [-0.2, -0.15) is 0 Å². The second kappa shape index (κ2) is 10.1. The molecule has 0 saturated heterocycles. The average Bonchev–Trinajstić information content (AvgIpc) is 3.16. The van der Waals surface area contributed by atoms with Gasteiger partial charge < -0.3 is 9.80 Å². The van der Waals surface area contributed by atoms with Crippen LogP contribution in [0.4, 0.5) is 34.1 Å². The van der Waals surface area contributed by atoms with Gasteiger partial charge in [-0.25, -0.2) is 0 Å². The van der Waals surface area contributed by atoms with Crippen molar-refractivity contribution in [1.29, 1.82) is 0 Å². The zero-order valence-electron chi connectivity index (χ0n) is 26.7. The van der Waals surface area contributed by atoms with Crippen molar-refractivity contribution in [3.8, 4) is 0 Å². The summed E-state index contributed by atoms with van der Waals surface area (Å²) in [4.78, 5) is 5.02. The Hall–Kier alpha value is -6.32. The lowest BCUT2D eigenvalue weighted by Crippen LogP contribution is -2.61. The van der Waals surface area contributed by atoms with Gasteiger partial charge in [0.2, 0.25) is 0 Å². The molecule has 0 aliphatic carbocycles. The Labute approximate surface area is 285 Å². The summed E-state index contributed by atoms with van der Waals surface area (Å²) in [5.41, 5.74) is 11.3. The van der Waals surface area contributed by atoms with Gasteiger partial charge >= 0.3 is 0 Å². The van der Waals surface area contributed by atoms with Gasteiger partial charge in [0.25, 0.3) is 6.71 Å². The summed E-state index contributed by atoms with van der Waals surface area (Å²) in [6, 6.07) is 65.3. The highest BCUT2D eigenvalue weighted by Crippen LogP contribution is 2.45. The third-order valence-electron chi connectivity index (χ3n) is 10.7. The zero-order chi connectivity index (χ0) is 32.1. The summed E-state index contributed by atoms with van der Waals surface area (Å²) >= 11 is 0. The first-order valence-electron chi connectivity index (χ1n) is 17.0. The van der Waals surface area contributed by atoms with Crippen molar-refractivity contribution in [2.24, 2.45) is 0 Å². The summed E-state index contributed by atoms with van der Waals surface area (Å²) in [5, 5.41) is 10.0. The molecule has 0 atom stereocenters. The fourth-order valence-electron chi connectivity index (χ4n) is 8.49. The predicted octanol–water partition coefficient (Wildman–Crippen LogP) is 10.4. The molecule has 49 heavy (non-hydrogen) atoms. The van der Waals surface area contributed by atoms with E-state index >= 15 is 0 Å². The van der Waals surface area contributed by atoms with Crippen molar-refractivity contribution >= 4 is 100 Å². The number of benzene rings is 9. The van der Waals surface area contributed by atoms with E-state index in [1.54, 1.807) is 0 Å². The minimum atomic E-state index is 0.0684. The number of nitrogens with zero attached hydrogens (tertiary/aromatic N) is 2. The van der Waals surface area contributed by atoms with E-state index in [1.807, 2.05) is 0 Å². The van der Waals surface area contributed by atoms with Crippen LogP contribution in [0.1, 0.15) is 0 Å². The van der Waals surface area contributed by atoms with Crippen LogP contribution < -0.4 is 26.2 Å². The molecule has 0 saturated carbocycles. The Morgan fingerprint density at radius 2 is 0.653 bits per heavy atom. The Kier molecular flexibility index (Phi) is 5.50. The van der Waals surface area contributed by atoms with E-state index < -0.39 is 0 Å². The lowest BCUT2D eigenvalue weighted by atomic mass is 9.33. The maximum atomic E-state index is 2.51. The summed E-state index contributed by atoms with van der Waals surface area (Å²) in [5.74, 6) is 0. The second-order valence-electron chi connectivity index (χ2n) is 13.4. The van der Waals surface area contributed by atoms with Gasteiger partial charge in [0.05, 0.1) is 0 Å². The molecule has 0 amide bonds. The normalized spacial score (nSPS) is 13.2. The van der Waals surface area contributed by atoms with Crippen LogP contribution in [0.25, 0.3) is 43.1 Å². The molecular weight excluding hydrogens is 591 g/mol. The first-order chi connectivity index (χ1) is 24.3. The van der Waals surface area contributed by atoms with Gasteiger partial charge in [0.15, 0.2) is 0 Å². The molecule has 226 valence electrons. The van der Waals surface area contributed by atoms with Crippen LogP contribution in [0.15, 0.2) is 176 Å². The van der Waals surface area contributed by atoms with Gasteiger partial charge in [0.1, 0.15) is 0 Å². The molecule has 0 fully saturated rings. The molecule has 2 nitrogen and oxygen atoms in total. The van der Waals surface area contributed by atoms with Crippen molar-refractivity contribution in [3.63, 3.8) is 0 Å². The van der Waals surface area contributed by atoms with Crippen molar-refractivity contribution < 1.29 is 0 Å². The van der Waals surface area contributed by atoms with E-state index in [2.05, 4.69) is 186 Å². The number of hydrogen-bond acceptors (Lipinski definition) is 2. The van der Waals surface area contributed by atoms with Crippen LogP contribution in [0, 0.1) is 0 Å². The first kappa shape index (κ1) is 26.7. The largest absolute Gasteiger partial charge is 0.311 e. The van der Waals surface area contributed by atoms with E-state index in [1.165, 1.54) is 93.6 Å². The second-order valence-corrected chi connectivity index (χ2v) is 13.4. The van der Waals surface area contributed by atoms with Crippen LogP contribution in [-0.4, -0.2) is 6.71 Å². The van der Waals surface area contributed by atoms with Crippen LogP contribution >= 0.6 is 0 Å². The first-order valence-corrected chi connectivity index (χ1v) is 17.0. The third kappa shape index (κ3) is 3.90. The Bertz CT molecular complexity index is 2630. The van der Waals surface area contributed by atoms with E-state index in [9.17, 15) is 0 Å². The molecule has 0 spiro atoms. The number of anilines is 6. The standard InChI is InChI=1S/C46H29BN2/c1-3-12-32-24-38(22-20-30(32)10-1)48-42-18-9-19-43-46(42)47(40-26-34-14-5-7-16-36(34)28-44(40)48)41-27-35-15-6-8-17-37(35)29-45(41)49(43)39-23-21-31-11-2-4-13-33(31)25-39/h1-29H. The van der Waals surface area contributed by atoms with Gasteiger partial charge in [-0.3, -0.25) is 0 Å². The van der Waals surface area contributed by atoms with Crippen molar-refractivity contribution in [2.75, 3.05) is 9.80 Å². The molecule has 3 heteroatoms. The van der Waals surface area contributed by atoms with Crippen molar-refractivity contribution in [2.45, 2.75) is 0 Å². The maximum absolute atomic E-state index is 2.51. The summed E-state index contributed by atoms with van der Waals surface area (Å²) in [6.07, 6.45) is 0. The molecule has 2 heterocycles. The third-order valence-corrected chi connectivity index (χ3v) is 10.7. The lowest BCUT2D eigenvalue weighted by Gasteiger charge is -2.44. The molecule has 0 unspecified atom stereocenters. The molecular formula is C46H29BN2. The lowest BCUT2D eigenvalue weighted by molar-refractivity contribution is 1.26. The summed E-state index contributed by atoms with van der Waals surface area (Å²) in [7, 11) is 0. The molecule has 0 radical (unpaired) electrons. The number of hydrogen-bond donors (Lipinski definition) is 0. The molecule has 9 aromatic carbocycles. The van der Waals surface area contributed by atoms with Crippen LogP contribution in [-0.2, 0) is 0 Å². The SMILES string of the molecule is c1cc2c3c(c1)N(c1ccc4ccccc4c1)c1cc4ccccc4cc1B3c1cc3ccccc3cc1N2c1ccc2ccccc2c1. The van der Waals surface area contributed by atoms with Crippen LogP contribution in [0.2, 0.25) is 0 Å². The monoisotopic (exact) mass is 620 g/mol. The predicted molar refractivity (Wildman–Crippen MR) is 210 cm³/mol. The Morgan fingerprint density at radius 1 is 0.286 bits per heavy atom. The quantitative estimate of drug-likeness (QED) is 0.178. The van der Waals surface area contributed by atoms with Gasteiger partial charge in [-0.15, -0.1) is 0 Å². The van der Waals surface area contributed by atoms with E-state index in [4.69, 9.17) is 0 Å². The molecule has 0 bridgehead atoms. The van der Waals surface area contributed by atoms with E-state index in [0.29, 0.717) is 0 Å². The molecule has 2 aliphatic rings. The highest BCUT2D eigenvalue weighted by molar-refractivity contribution is 7.00. The summed E-state index contributed by atoms with van der Waals surface area (Å²) < 4.78 is 0. The zero-order valence-corrected chi connectivity index (χ0v) is 26.7. The molecule has 11 rings (SSSR count). The number of fused-ring (bicyclic) bond motifs is 8. The Morgan fingerprint density at radius 3 is 1.08 bits per heavy atom.